The van der Waals surface area contributed by atoms with Crippen molar-refractivity contribution in [1.29, 1.82) is 0 Å². The third kappa shape index (κ3) is 7.77. The van der Waals surface area contributed by atoms with E-state index in [0.29, 0.717) is 11.4 Å². The summed E-state index contributed by atoms with van der Waals surface area (Å²) in [4.78, 5) is 0.692. The second-order valence-corrected chi connectivity index (χ2v) is 10.2. The number of hydrogen-bond donors (Lipinski definition) is 1. The number of fused-ring (bicyclic) bond motifs is 1. The third-order valence-electron chi connectivity index (χ3n) is 5.28. The predicted molar refractivity (Wildman–Crippen MR) is 125 cm³/mol. The first-order chi connectivity index (χ1) is 15.7. The van der Waals surface area contributed by atoms with Crippen LogP contribution in [0.3, 0.4) is 0 Å². The molecule has 0 fully saturated rings. The van der Waals surface area contributed by atoms with E-state index >= 15 is 0 Å². The Morgan fingerprint density at radius 1 is 1.15 bits per heavy atom. The Balaban J connectivity index is 0.00000408. The van der Waals surface area contributed by atoms with Crippen LogP contribution >= 0.6 is 12.0 Å². The van der Waals surface area contributed by atoms with E-state index in [-0.39, 0.29) is 36.0 Å². The van der Waals surface area contributed by atoms with Crippen LogP contribution in [0.4, 0.5) is 11.4 Å². The molecule has 2 aromatic rings. The minimum atomic E-state index is -4.29. The second kappa shape index (κ2) is 13.0. The molecule has 0 amide bonds. The van der Waals surface area contributed by atoms with Crippen LogP contribution in [0, 0.1) is 0 Å². The van der Waals surface area contributed by atoms with Crippen molar-refractivity contribution in [2.45, 2.75) is 30.6 Å². The van der Waals surface area contributed by atoms with Gasteiger partial charge in [-0.2, -0.15) is 8.91 Å². The van der Waals surface area contributed by atoms with E-state index in [9.17, 15) is 18.2 Å². The van der Waals surface area contributed by atoms with Crippen molar-refractivity contribution >= 4 is 39.2 Å². The number of anilines is 1. The molecule has 0 aliphatic carbocycles. The standard InChI is InChI=1S/C23H26N2O6S2.Na/c1-23(2)20-17-19(32-31-30-26)12-13-21(20)25(15-8-16-33(27,28)29)22(23)11-6-7-14-24-18-9-4-3-5-10-18;/h3-7,9-14,17H,8,15-16H2,1-2H3,(H2,26,27,28,29);/q;+1/p-1. The Hall–Kier alpha value is -1.47. The number of allylic oxidation sites excluding steroid dienone is 3. The van der Waals surface area contributed by atoms with Crippen LogP contribution in [0.15, 0.2) is 77.9 Å². The van der Waals surface area contributed by atoms with Crippen molar-refractivity contribution in [3.63, 3.8) is 0 Å². The van der Waals surface area contributed by atoms with Gasteiger partial charge in [0.05, 0.1) is 27.6 Å². The van der Waals surface area contributed by atoms with Crippen LogP contribution in [-0.4, -0.2) is 35.6 Å². The molecular formula is C23H25N2NaO6S2. The summed E-state index contributed by atoms with van der Waals surface area (Å²) in [5, 5.41) is 16.8. The number of hydrogen-bond acceptors (Lipinski definition) is 8. The third-order valence-corrected chi connectivity index (χ3v) is 6.64. The van der Waals surface area contributed by atoms with Gasteiger partial charge in [-0.05, 0) is 44.2 Å². The van der Waals surface area contributed by atoms with Crippen LogP contribution < -0.4 is 40.1 Å². The summed E-state index contributed by atoms with van der Waals surface area (Å²) in [5.41, 5.74) is 3.39. The van der Waals surface area contributed by atoms with Crippen LogP contribution in [0.25, 0.3) is 0 Å². The van der Waals surface area contributed by atoms with Crippen molar-refractivity contribution in [3.05, 3.63) is 78.5 Å². The molecule has 1 N–H and O–H groups in total. The molecule has 1 heterocycles. The predicted octanol–water partition coefficient (Wildman–Crippen LogP) is 0.415. The van der Waals surface area contributed by atoms with Gasteiger partial charge in [-0.1, -0.05) is 24.3 Å². The fourth-order valence-corrected chi connectivity index (χ4v) is 4.66. The van der Waals surface area contributed by atoms with Crippen LogP contribution in [0.5, 0.6) is 0 Å². The van der Waals surface area contributed by atoms with Gasteiger partial charge < -0.3 is 15.1 Å². The SMILES string of the molecule is CC1(C)C(/C=C/C=C/Nc2ccccc2)=[N+](CCCS(=O)(=O)[O-])c2ccc(SOO[O-])cc21.[Na+]. The fourth-order valence-electron chi connectivity index (χ4n) is 3.78. The Kier molecular flexibility index (Phi) is 11.0. The summed E-state index contributed by atoms with van der Waals surface area (Å²) in [5.74, 6) is -0.431. The molecule has 3 rings (SSSR count). The smallest absolute Gasteiger partial charge is 0.748 e. The largest absolute Gasteiger partial charge is 1.00 e. The Morgan fingerprint density at radius 2 is 1.88 bits per heavy atom. The molecule has 0 spiro atoms. The zero-order valence-electron chi connectivity index (χ0n) is 19.3. The van der Waals surface area contributed by atoms with Crippen LogP contribution in [0.1, 0.15) is 25.8 Å². The molecule has 0 aromatic heterocycles. The summed E-state index contributed by atoms with van der Waals surface area (Å²) < 4.78 is 39.8. The molecule has 176 valence electrons. The van der Waals surface area contributed by atoms with E-state index in [2.05, 4.69) is 28.5 Å². The van der Waals surface area contributed by atoms with Crippen molar-refractivity contribution < 1.29 is 61.7 Å². The maximum Gasteiger partial charge on any atom is 1.00 e. The summed E-state index contributed by atoms with van der Waals surface area (Å²) >= 11 is 0.813. The molecule has 0 atom stereocenters. The van der Waals surface area contributed by atoms with E-state index in [1.54, 1.807) is 6.07 Å². The minimum Gasteiger partial charge on any atom is -0.748 e. The molecule has 0 bridgehead atoms. The molecule has 1 aliphatic heterocycles. The average Bonchev–Trinajstić information content (AvgIpc) is 2.98. The van der Waals surface area contributed by atoms with Gasteiger partial charge in [-0.15, -0.1) is 0 Å². The first kappa shape index (κ1) is 28.8. The normalized spacial score (nSPS) is 15.1. The quantitative estimate of drug-likeness (QED) is 0.0877. The van der Waals surface area contributed by atoms with E-state index in [0.717, 1.165) is 34.7 Å². The van der Waals surface area contributed by atoms with Gasteiger partial charge in [0.2, 0.25) is 5.69 Å². The van der Waals surface area contributed by atoms with Gasteiger partial charge in [0.25, 0.3) is 0 Å². The average molecular weight is 513 g/mol. The summed E-state index contributed by atoms with van der Waals surface area (Å²) in [6.45, 7) is 4.48. The minimum absolute atomic E-state index is 0. The summed E-state index contributed by atoms with van der Waals surface area (Å²) in [7, 11) is -4.29. The second-order valence-electron chi connectivity index (χ2n) is 7.90. The van der Waals surface area contributed by atoms with E-state index in [4.69, 9.17) is 0 Å². The zero-order chi connectivity index (χ0) is 23.9. The van der Waals surface area contributed by atoms with Crippen molar-refractivity contribution in [2.75, 3.05) is 17.6 Å². The van der Waals surface area contributed by atoms with Gasteiger partial charge in [0.1, 0.15) is 6.54 Å². The van der Waals surface area contributed by atoms with Crippen molar-refractivity contribution in [2.24, 2.45) is 0 Å². The molecule has 8 nitrogen and oxygen atoms in total. The van der Waals surface area contributed by atoms with Gasteiger partial charge in [0, 0.05) is 46.7 Å². The number of benzene rings is 2. The van der Waals surface area contributed by atoms with E-state index in [1.165, 1.54) is 0 Å². The molecule has 34 heavy (non-hydrogen) atoms. The van der Waals surface area contributed by atoms with E-state index < -0.39 is 21.3 Å². The Labute approximate surface area is 226 Å². The molecule has 2 aromatic carbocycles. The molecule has 0 saturated carbocycles. The first-order valence-electron chi connectivity index (χ1n) is 10.2. The Bertz CT molecular complexity index is 1170. The molecule has 0 radical (unpaired) electrons. The van der Waals surface area contributed by atoms with Gasteiger partial charge in [-0.25, -0.2) is 8.42 Å². The van der Waals surface area contributed by atoms with Gasteiger partial charge in [-0.3, -0.25) is 5.04 Å². The summed E-state index contributed by atoms with van der Waals surface area (Å²) in [6.07, 6.45) is 7.78. The number of nitrogens with zero attached hydrogens (tertiary/aromatic N) is 1. The molecule has 0 saturated heterocycles. The van der Waals surface area contributed by atoms with Crippen molar-refractivity contribution in [1.82, 2.24) is 0 Å². The topological polar surface area (TPSA) is 114 Å². The maximum absolute atomic E-state index is 11.1. The molecule has 0 unspecified atom stereocenters. The maximum atomic E-state index is 11.1. The summed E-state index contributed by atoms with van der Waals surface area (Å²) in [6, 6.07) is 15.3. The zero-order valence-corrected chi connectivity index (χ0v) is 22.9. The van der Waals surface area contributed by atoms with Crippen LogP contribution in [-0.2, 0) is 24.9 Å². The van der Waals surface area contributed by atoms with Crippen LogP contribution in [0.2, 0.25) is 0 Å². The molecular weight excluding hydrogens is 487 g/mol. The van der Waals surface area contributed by atoms with Crippen molar-refractivity contribution in [3.8, 4) is 0 Å². The molecule has 11 heteroatoms. The first-order valence-corrected chi connectivity index (χ1v) is 12.6. The monoisotopic (exact) mass is 512 g/mol. The van der Waals surface area contributed by atoms with E-state index in [1.807, 2.05) is 71.5 Å². The molecule has 1 aliphatic rings. The number of rotatable bonds is 11. The Morgan fingerprint density at radius 3 is 2.56 bits per heavy atom. The number of para-hydroxylation sites is 1. The van der Waals surface area contributed by atoms with Gasteiger partial charge >= 0.3 is 29.6 Å². The van der Waals surface area contributed by atoms with Gasteiger partial charge in [0.15, 0.2) is 5.71 Å². The fraction of sp³-hybridized carbons (Fsp3) is 0.261. The number of nitrogens with one attached hydrogen (secondary N) is 1.